The van der Waals surface area contributed by atoms with Crippen LogP contribution in [0.5, 0.6) is 0 Å². The van der Waals surface area contributed by atoms with E-state index in [0.29, 0.717) is 0 Å². The molecule has 0 fully saturated rings. The molecule has 12 heavy (non-hydrogen) atoms. The average Bonchev–Trinajstić information content (AvgIpc) is 2.36. The zero-order valence-electron chi connectivity index (χ0n) is 7.85. The molecule has 0 aromatic carbocycles. The molecule has 3 nitrogen and oxygen atoms in total. The van der Waals surface area contributed by atoms with Crippen LogP contribution in [0.4, 0.5) is 0 Å². The van der Waals surface area contributed by atoms with Gasteiger partial charge in [-0.05, 0) is 32.4 Å². The Kier molecular flexibility index (Phi) is 2.89. The monoisotopic (exact) mass is 168 g/mol. The highest BCUT2D eigenvalue weighted by atomic mass is 16.7. The Morgan fingerprint density at radius 1 is 1.50 bits per heavy atom. The Bertz CT molecular complexity index is 211. The van der Waals surface area contributed by atoms with Gasteiger partial charge in [0.15, 0.2) is 0 Å². The number of hydrogen-bond acceptors (Lipinski definition) is 2. The molecule has 0 saturated heterocycles. The van der Waals surface area contributed by atoms with Crippen molar-refractivity contribution in [3.63, 3.8) is 0 Å². The molecule has 2 N–H and O–H groups in total. The standard InChI is InChI=1S/C9H16N2O/c1-9(2,3)12-11-7-8-4-5-10-6-8/h4-6,10-11H,7H2,1-3H3. The summed E-state index contributed by atoms with van der Waals surface area (Å²) >= 11 is 0. The van der Waals surface area contributed by atoms with Crippen molar-refractivity contribution in [2.75, 3.05) is 0 Å². The zero-order chi connectivity index (χ0) is 9.03. The summed E-state index contributed by atoms with van der Waals surface area (Å²) in [7, 11) is 0. The van der Waals surface area contributed by atoms with E-state index in [-0.39, 0.29) is 5.60 Å². The van der Waals surface area contributed by atoms with Gasteiger partial charge in [-0.25, -0.2) is 0 Å². The fourth-order valence-corrected chi connectivity index (χ4v) is 0.804. The molecular formula is C9H16N2O. The molecule has 3 heteroatoms. The van der Waals surface area contributed by atoms with Crippen molar-refractivity contribution in [3.8, 4) is 0 Å². The van der Waals surface area contributed by atoms with Crippen LogP contribution >= 0.6 is 0 Å². The number of aromatic nitrogens is 1. The third-order valence-electron chi connectivity index (χ3n) is 1.32. The Labute approximate surface area is 73.1 Å². The van der Waals surface area contributed by atoms with Crippen LogP contribution in [0, 0.1) is 0 Å². The molecule has 0 radical (unpaired) electrons. The summed E-state index contributed by atoms with van der Waals surface area (Å²) in [5.74, 6) is 0. The van der Waals surface area contributed by atoms with E-state index in [4.69, 9.17) is 4.84 Å². The quantitative estimate of drug-likeness (QED) is 0.676. The van der Waals surface area contributed by atoms with Gasteiger partial charge in [-0.1, -0.05) is 0 Å². The molecular weight excluding hydrogens is 152 g/mol. The lowest BCUT2D eigenvalue weighted by Gasteiger charge is -2.18. The maximum Gasteiger partial charge on any atom is 0.0813 e. The third kappa shape index (κ3) is 3.55. The average molecular weight is 168 g/mol. The molecule has 0 aliphatic carbocycles. The minimum absolute atomic E-state index is 0.129. The van der Waals surface area contributed by atoms with E-state index in [1.165, 1.54) is 5.56 Å². The Balaban J connectivity index is 2.20. The molecule has 1 rings (SSSR count). The smallest absolute Gasteiger partial charge is 0.0813 e. The first kappa shape index (κ1) is 9.29. The molecule has 1 aromatic rings. The van der Waals surface area contributed by atoms with Gasteiger partial charge < -0.3 is 4.98 Å². The van der Waals surface area contributed by atoms with E-state index in [0.717, 1.165) is 6.54 Å². The van der Waals surface area contributed by atoms with Crippen molar-refractivity contribution in [3.05, 3.63) is 24.0 Å². The van der Waals surface area contributed by atoms with Crippen LogP contribution in [0.15, 0.2) is 18.5 Å². The second-order valence-corrected chi connectivity index (χ2v) is 3.75. The summed E-state index contributed by atoms with van der Waals surface area (Å²) < 4.78 is 0. The number of aromatic amines is 1. The van der Waals surface area contributed by atoms with E-state index in [9.17, 15) is 0 Å². The van der Waals surface area contributed by atoms with Crippen LogP contribution in [0.25, 0.3) is 0 Å². The number of H-pyrrole nitrogens is 1. The molecule has 0 atom stereocenters. The Morgan fingerprint density at radius 2 is 2.25 bits per heavy atom. The van der Waals surface area contributed by atoms with E-state index in [1.54, 1.807) is 0 Å². The number of rotatable bonds is 3. The SMILES string of the molecule is CC(C)(C)ONCc1cc[nH]c1. The predicted molar refractivity (Wildman–Crippen MR) is 48.5 cm³/mol. The van der Waals surface area contributed by atoms with Gasteiger partial charge in [-0.15, -0.1) is 0 Å². The highest BCUT2D eigenvalue weighted by molar-refractivity contribution is 5.07. The van der Waals surface area contributed by atoms with Crippen molar-refractivity contribution in [1.29, 1.82) is 0 Å². The van der Waals surface area contributed by atoms with Crippen molar-refractivity contribution < 1.29 is 4.84 Å². The van der Waals surface area contributed by atoms with Gasteiger partial charge in [0.25, 0.3) is 0 Å². The fourth-order valence-electron chi connectivity index (χ4n) is 0.804. The lowest BCUT2D eigenvalue weighted by atomic mass is 10.2. The molecule has 0 bridgehead atoms. The molecule has 0 spiro atoms. The predicted octanol–water partition coefficient (Wildman–Crippen LogP) is 1.83. The highest BCUT2D eigenvalue weighted by Crippen LogP contribution is 2.04. The zero-order valence-corrected chi connectivity index (χ0v) is 7.85. The topological polar surface area (TPSA) is 37.0 Å². The minimum atomic E-state index is -0.129. The summed E-state index contributed by atoms with van der Waals surface area (Å²) in [5, 5.41) is 0. The van der Waals surface area contributed by atoms with Gasteiger partial charge in [0.1, 0.15) is 0 Å². The molecule has 0 unspecified atom stereocenters. The van der Waals surface area contributed by atoms with E-state index in [1.807, 2.05) is 39.2 Å². The van der Waals surface area contributed by atoms with E-state index in [2.05, 4.69) is 10.5 Å². The third-order valence-corrected chi connectivity index (χ3v) is 1.32. The van der Waals surface area contributed by atoms with Gasteiger partial charge in [-0.2, -0.15) is 5.48 Å². The van der Waals surface area contributed by atoms with Crippen LogP contribution in [0.3, 0.4) is 0 Å². The molecule has 0 aliphatic heterocycles. The van der Waals surface area contributed by atoms with E-state index >= 15 is 0 Å². The first-order valence-electron chi connectivity index (χ1n) is 4.10. The number of hydroxylamine groups is 1. The fraction of sp³-hybridized carbons (Fsp3) is 0.556. The first-order chi connectivity index (χ1) is 5.58. The van der Waals surface area contributed by atoms with Crippen molar-refractivity contribution in [2.45, 2.75) is 32.9 Å². The molecule has 1 aromatic heterocycles. The van der Waals surface area contributed by atoms with Crippen molar-refractivity contribution in [1.82, 2.24) is 10.5 Å². The molecule has 0 aliphatic rings. The lowest BCUT2D eigenvalue weighted by molar-refractivity contribution is -0.0757. The normalized spacial score (nSPS) is 11.9. The van der Waals surface area contributed by atoms with Crippen LogP contribution < -0.4 is 5.48 Å². The van der Waals surface area contributed by atoms with E-state index < -0.39 is 0 Å². The number of hydrogen-bond donors (Lipinski definition) is 2. The molecule has 68 valence electrons. The van der Waals surface area contributed by atoms with Gasteiger partial charge in [0.05, 0.1) is 5.60 Å². The number of nitrogens with one attached hydrogen (secondary N) is 2. The molecule has 1 heterocycles. The maximum atomic E-state index is 5.34. The lowest BCUT2D eigenvalue weighted by Crippen LogP contribution is -2.28. The largest absolute Gasteiger partial charge is 0.367 e. The summed E-state index contributed by atoms with van der Waals surface area (Å²) in [6.07, 6.45) is 3.84. The minimum Gasteiger partial charge on any atom is -0.367 e. The molecule has 0 saturated carbocycles. The Hall–Kier alpha value is -0.800. The second-order valence-electron chi connectivity index (χ2n) is 3.75. The van der Waals surface area contributed by atoms with Crippen molar-refractivity contribution in [2.24, 2.45) is 0 Å². The van der Waals surface area contributed by atoms with Gasteiger partial charge >= 0.3 is 0 Å². The maximum absolute atomic E-state index is 5.34. The second kappa shape index (κ2) is 3.74. The van der Waals surface area contributed by atoms with Crippen LogP contribution in [0.1, 0.15) is 26.3 Å². The van der Waals surface area contributed by atoms with Crippen molar-refractivity contribution >= 4 is 0 Å². The van der Waals surface area contributed by atoms with Crippen LogP contribution in [-0.2, 0) is 11.4 Å². The highest BCUT2D eigenvalue weighted by Gasteiger charge is 2.09. The van der Waals surface area contributed by atoms with Gasteiger partial charge in [-0.3, -0.25) is 4.84 Å². The summed E-state index contributed by atoms with van der Waals surface area (Å²) in [6.45, 7) is 6.77. The molecule has 0 amide bonds. The van der Waals surface area contributed by atoms with Crippen LogP contribution in [0.2, 0.25) is 0 Å². The summed E-state index contributed by atoms with van der Waals surface area (Å²) in [5.41, 5.74) is 3.97. The summed E-state index contributed by atoms with van der Waals surface area (Å²) in [6, 6.07) is 2.01. The first-order valence-corrected chi connectivity index (χ1v) is 4.10. The van der Waals surface area contributed by atoms with Gasteiger partial charge in [0.2, 0.25) is 0 Å². The van der Waals surface area contributed by atoms with Crippen LogP contribution in [-0.4, -0.2) is 10.6 Å². The Morgan fingerprint density at radius 3 is 2.75 bits per heavy atom. The van der Waals surface area contributed by atoms with Gasteiger partial charge in [0, 0.05) is 18.9 Å². The summed E-state index contributed by atoms with van der Waals surface area (Å²) in [4.78, 5) is 8.32.